The van der Waals surface area contributed by atoms with Crippen molar-refractivity contribution >= 4 is 5.69 Å². The number of aliphatic hydroxyl groups excluding tert-OH is 1. The summed E-state index contributed by atoms with van der Waals surface area (Å²) in [6.45, 7) is 1.83. The molecule has 0 fully saturated rings. The van der Waals surface area contributed by atoms with Gasteiger partial charge >= 0.3 is 0 Å². The Labute approximate surface area is 111 Å². The molecule has 100 valence electrons. The van der Waals surface area contributed by atoms with Crippen LogP contribution in [0.25, 0.3) is 0 Å². The van der Waals surface area contributed by atoms with Gasteiger partial charge in [-0.25, -0.2) is 4.98 Å². The first kappa shape index (κ1) is 13.2. The van der Waals surface area contributed by atoms with Crippen LogP contribution in [-0.4, -0.2) is 17.2 Å². The molecule has 2 rings (SSSR count). The summed E-state index contributed by atoms with van der Waals surface area (Å²) in [6, 6.07) is 6.86. The molecule has 0 bridgehead atoms. The highest BCUT2D eigenvalue weighted by atomic mass is 16.5. The van der Waals surface area contributed by atoms with E-state index in [2.05, 4.69) is 4.98 Å². The van der Waals surface area contributed by atoms with Gasteiger partial charge in [-0.1, -0.05) is 6.07 Å². The molecule has 1 heterocycles. The first-order valence-corrected chi connectivity index (χ1v) is 5.81. The van der Waals surface area contributed by atoms with Crippen molar-refractivity contribution in [3.63, 3.8) is 0 Å². The summed E-state index contributed by atoms with van der Waals surface area (Å²) in [5.74, 6) is 1.46. The summed E-state index contributed by atoms with van der Waals surface area (Å²) >= 11 is 0. The molecule has 0 aliphatic heterocycles. The van der Waals surface area contributed by atoms with Crippen LogP contribution in [0.2, 0.25) is 0 Å². The highest BCUT2D eigenvalue weighted by Crippen LogP contribution is 2.32. The van der Waals surface area contributed by atoms with E-state index in [4.69, 9.17) is 20.3 Å². The number of benzene rings is 1. The maximum Gasteiger partial charge on any atom is 0.221 e. The molecule has 5 heteroatoms. The molecule has 0 radical (unpaired) electrons. The van der Waals surface area contributed by atoms with Crippen molar-refractivity contribution < 1.29 is 14.6 Å². The predicted molar refractivity (Wildman–Crippen MR) is 72.4 cm³/mol. The molecule has 0 amide bonds. The maximum atomic E-state index is 9.08. The second-order valence-corrected chi connectivity index (χ2v) is 4.12. The summed E-state index contributed by atoms with van der Waals surface area (Å²) < 4.78 is 10.9. The standard InChI is InChI=1S/C14H16N2O3/c1-9-7-16-14(6-11(9)15)19-12-4-3-10(8-17)5-13(12)18-2/h3-7,17H,8H2,1-2H3,(H2,15,16). The monoisotopic (exact) mass is 260 g/mol. The lowest BCUT2D eigenvalue weighted by Crippen LogP contribution is -1.96. The number of aliphatic hydroxyl groups is 1. The van der Waals surface area contributed by atoms with E-state index in [-0.39, 0.29) is 6.61 Å². The number of hydrogen-bond acceptors (Lipinski definition) is 5. The Balaban J connectivity index is 2.29. The van der Waals surface area contributed by atoms with Gasteiger partial charge < -0.3 is 20.3 Å². The van der Waals surface area contributed by atoms with E-state index in [9.17, 15) is 0 Å². The van der Waals surface area contributed by atoms with Crippen LogP contribution < -0.4 is 15.2 Å². The third-order valence-corrected chi connectivity index (χ3v) is 2.74. The van der Waals surface area contributed by atoms with Gasteiger partial charge in [-0.15, -0.1) is 0 Å². The van der Waals surface area contributed by atoms with Gasteiger partial charge in [-0.05, 0) is 30.2 Å². The zero-order valence-corrected chi connectivity index (χ0v) is 10.9. The average molecular weight is 260 g/mol. The van der Waals surface area contributed by atoms with Gasteiger partial charge in [0.05, 0.1) is 13.7 Å². The van der Waals surface area contributed by atoms with Crippen molar-refractivity contribution in [2.45, 2.75) is 13.5 Å². The van der Waals surface area contributed by atoms with Gasteiger partial charge in [0.25, 0.3) is 0 Å². The maximum absolute atomic E-state index is 9.08. The molecule has 1 aromatic heterocycles. The van der Waals surface area contributed by atoms with E-state index in [0.29, 0.717) is 23.1 Å². The van der Waals surface area contributed by atoms with E-state index in [1.165, 1.54) is 0 Å². The highest BCUT2D eigenvalue weighted by molar-refractivity contribution is 5.49. The largest absolute Gasteiger partial charge is 0.493 e. The number of hydrogen-bond donors (Lipinski definition) is 2. The van der Waals surface area contributed by atoms with Crippen molar-refractivity contribution in [3.05, 3.63) is 41.6 Å². The van der Waals surface area contributed by atoms with Crippen LogP contribution >= 0.6 is 0 Å². The Morgan fingerprint density at radius 1 is 1.26 bits per heavy atom. The quantitative estimate of drug-likeness (QED) is 0.881. The molecule has 0 atom stereocenters. The molecule has 1 aromatic carbocycles. The third kappa shape index (κ3) is 2.95. The topological polar surface area (TPSA) is 77.6 Å². The minimum absolute atomic E-state index is 0.0492. The molecular weight excluding hydrogens is 244 g/mol. The molecule has 5 nitrogen and oxygen atoms in total. The molecular formula is C14H16N2O3. The first-order chi connectivity index (χ1) is 9.13. The third-order valence-electron chi connectivity index (χ3n) is 2.74. The fourth-order valence-corrected chi connectivity index (χ4v) is 1.58. The first-order valence-electron chi connectivity index (χ1n) is 5.81. The van der Waals surface area contributed by atoms with Crippen molar-refractivity contribution in [2.24, 2.45) is 0 Å². The van der Waals surface area contributed by atoms with Gasteiger partial charge in [0.1, 0.15) is 0 Å². The Bertz CT molecular complexity index is 585. The van der Waals surface area contributed by atoms with Crippen LogP contribution in [-0.2, 0) is 6.61 Å². The SMILES string of the molecule is COc1cc(CO)ccc1Oc1cc(N)c(C)cn1. The normalized spacial score (nSPS) is 10.3. The number of aryl methyl sites for hydroxylation is 1. The van der Waals surface area contributed by atoms with Gasteiger partial charge in [-0.2, -0.15) is 0 Å². The van der Waals surface area contributed by atoms with Crippen molar-refractivity contribution in [3.8, 4) is 17.4 Å². The van der Waals surface area contributed by atoms with Crippen LogP contribution in [0.1, 0.15) is 11.1 Å². The summed E-state index contributed by atoms with van der Waals surface area (Å²) in [5.41, 5.74) is 8.08. The van der Waals surface area contributed by atoms with E-state index in [0.717, 1.165) is 11.1 Å². The molecule has 3 N–H and O–H groups in total. The summed E-state index contributed by atoms with van der Waals surface area (Å²) in [5, 5.41) is 9.08. The molecule has 2 aromatic rings. The lowest BCUT2D eigenvalue weighted by atomic mass is 10.2. The summed E-state index contributed by atoms with van der Waals surface area (Å²) in [6.07, 6.45) is 1.65. The molecule has 0 aliphatic carbocycles. The second-order valence-electron chi connectivity index (χ2n) is 4.12. The van der Waals surface area contributed by atoms with E-state index >= 15 is 0 Å². The highest BCUT2D eigenvalue weighted by Gasteiger charge is 2.08. The number of methoxy groups -OCH3 is 1. The van der Waals surface area contributed by atoms with E-state index in [1.54, 1.807) is 37.6 Å². The summed E-state index contributed by atoms with van der Waals surface area (Å²) in [7, 11) is 1.54. The fourth-order valence-electron chi connectivity index (χ4n) is 1.58. The average Bonchev–Trinajstić information content (AvgIpc) is 2.43. The minimum Gasteiger partial charge on any atom is -0.493 e. The molecule has 0 aliphatic rings. The van der Waals surface area contributed by atoms with E-state index < -0.39 is 0 Å². The number of rotatable bonds is 4. The predicted octanol–water partition coefficient (Wildman–Crippen LogP) is 2.27. The number of nitrogens with two attached hydrogens (primary N) is 1. The Morgan fingerprint density at radius 2 is 2.05 bits per heavy atom. The molecule has 0 spiro atoms. The lowest BCUT2D eigenvalue weighted by molar-refractivity contribution is 0.280. The van der Waals surface area contributed by atoms with Crippen LogP contribution in [0.3, 0.4) is 0 Å². The molecule has 0 saturated carbocycles. The van der Waals surface area contributed by atoms with Crippen LogP contribution in [0, 0.1) is 6.92 Å². The van der Waals surface area contributed by atoms with Crippen LogP contribution in [0.5, 0.6) is 17.4 Å². The molecule has 0 saturated heterocycles. The van der Waals surface area contributed by atoms with Crippen LogP contribution in [0.15, 0.2) is 30.5 Å². The summed E-state index contributed by atoms with van der Waals surface area (Å²) in [4.78, 5) is 4.15. The van der Waals surface area contributed by atoms with Gasteiger partial charge in [-0.3, -0.25) is 0 Å². The smallest absolute Gasteiger partial charge is 0.221 e. The van der Waals surface area contributed by atoms with Crippen molar-refractivity contribution in [1.82, 2.24) is 4.98 Å². The van der Waals surface area contributed by atoms with Crippen molar-refractivity contribution in [1.29, 1.82) is 0 Å². The Hall–Kier alpha value is -2.27. The number of nitrogen functional groups attached to an aromatic ring is 1. The minimum atomic E-state index is -0.0492. The number of anilines is 1. The lowest BCUT2D eigenvalue weighted by Gasteiger charge is -2.11. The van der Waals surface area contributed by atoms with Crippen LogP contribution in [0.4, 0.5) is 5.69 Å². The second kappa shape index (κ2) is 5.58. The fraction of sp³-hybridized carbons (Fsp3) is 0.214. The zero-order chi connectivity index (χ0) is 13.8. The van der Waals surface area contributed by atoms with Gasteiger partial charge in [0, 0.05) is 18.0 Å². The van der Waals surface area contributed by atoms with Crippen molar-refractivity contribution in [2.75, 3.05) is 12.8 Å². The number of pyridine rings is 1. The number of aromatic nitrogens is 1. The molecule has 19 heavy (non-hydrogen) atoms. The number of ether oxygens (including phenoxy) is 2. The van der Waals surface area contributed by atoms with Gasteiger partial charge in [0.2, 0.25) is 5.88 Å². The zero-order valence-electron chi connectivity index (χ0n) is 10.9. The Kier molecular flexibility index (Phi) is 3.87. The number of nitrogens with zero attached hydrogens (tertiary/aromatic N) is 1. The molecule has 0 unspecified atom stereocenters. The van der Waals surface area contributed by atoms with Gasteiger partial charge in [0.15, 0.2) is 11.5 Å². The van der Waals surface area contributed by atoms with E-state index in [1.807, 2.05) is 6.92 Å². The Morgan fingerprint density at radius 3 is 2.68 bits per heavy atom.